The molecule has 0 fully saturated rings. The fourth-order valence-electron chi connectivity index (χ4n) is 2.56. The van der Waals surface area contributed by atoms with Crippen LogP contribution in [-0.2, 0) is 0 Å². The van der Waals surface area contributed by atoms with Crippen LogP contribution in [0.1, 0.15) is 34.0 Å². The van der Waals surface area contributed by atoms with E-state index in [9.17, 15) is 15.0 Å². The van der Waals surface area contributed by atoms with Crippen LogP contribution in [0.2, 0.25) is 0 Å². The van der Waals surface area contributed by atoms with Gasteiger partial charge in [-0.25, -0.2) is 0 Å². The molecule has 1 heterocycles. The number of carbonyl (C=O) groups excluding carboxylic acids is 1. The molecule has 5 heteroatoms. The van der Waals surface area contributed by atoms with Crippen molar-refractivity contribution in [3.8, 4) is 23.0 Å². The molecule has 2 N–H and O–H groups in total. The molecular weight excluding hydrogens is 284 g/mol. The van der Waals surface area contributed by atoms with Crippen LogP contribution in [0.3, 0.4) is 0 Å². The molecule has 0 radical (unpaired) electrons. The molecule has 2 aromatic rings. The number of methoxy groups -OCH3 is 1. The number of benzene rings is 2. The second kappa shape index (κ2) is 5.26. The first-order valence-corrected chi connectivity index (χ1v) is 6.90. The Morgan fingerprint density at radius 1 is 1.23 bits per heavy atom. The monoisotopic (exact) mass is 300 g/mol. The number of ketones is 1. The lowest BCUT2D eigenvalue weighted by Crippen LogP contribution is -2.20. The number of carbonyl (C=O) groups is 1. The minimum Gasteiger partial charge on any atom is -0.507 e. The number of ether oxygens (including phenoxy) is 2. The molecule has 0 aromatic heterocycles. The molecule has 1 aliphatic rings. The van der Waals surface area contributed by atoms with E-state index in [1.54, 1.807) is 26.2 Å². The first kappa shape index (κ1) is 14.3. The number of rotatable bonds is 2. The predicted octanol–water partition coefficient (Wildman–Crippen LogP) is 3.12. The molecule has 5 nitrogen and oxygen atoms in total. The quantitative estimate of drug-likeness (QED) is 0.891. The highest BCUT2D eigenvalue weighted by molar-refractivity contribution is 6.03. The van der Waals surface area contributed by atoms with E-state index in [0.29, 0.717) is 0 Å². The lowest BCUT2D eigenvalue weighted by Gasteiger charge is -2.26. The van der Waals surface area contributed by atoms with Crippen LogP contribution in [0.4, 0.5) is 0 Å². The fraction of sp³-hybridized carbons (Fsp3) is 0.235. The van der Waals surface area contributed by atoms with E-state index in [0.717, 1.165) is 11.3 Å². The summed E-state index contributed by atoms with van der Waals surface area (Å²) in [4.78, 5) is 12.3. The van der Waals surface area contributed by atoms with Gasteiger partial charge in [0.25, 0.3) is 0 Å². The van der Waals surface area contributed by atoms with Gasteiger partial charge in [0.15, 0.2) is 5.78 Å². The molecular formula is C17H16O5. The second-order valence-corrected chi connectivity index (χ2v) is 5.25. The molecule has 3 rings (SSSR count). The van der Waals surface area contributed by atoms with Crippen molar-refractivity contribution in [2.45, 2.75) is 19.4 Å². The second-order valence-electron chi connectivity index (χ2n) is 5.25. The zero-order valence-corrected chi connectivity index (χ0v) is 12.3. The van der Waals surface area contributed by atoms with Crippen LogP contribution in [0.25, 0.3) is 0 Å². The third-order valence-corrected chi connectivity index (χ3v) is 3.90. The van der Waals surface area contributed by atoms with E-state index in [4.69, 9.17) is 9.47 Å². The van der Waals surface area contributed by atoms with Crippen LogP contribution in [0.5, 0.6) is 23.0 Å². The highest BCUT2D eigenvalue weighted by Gasteiger charge is 2.31. The largest absolute Gasteiger partial charge is 0.507 e. The van der Waals surface area contributed by atoms with E-state index < -0.39 is 6.10 Å². The Bertz CT molecular complexity index is 734. The highest BCUT2D eigenvalue weighted by atomic mass is 16.5. The smallest absolute Gasteiger partial charge is 0.174 e. The number of Topliss-reactive ketones (excluding diaryl/α,β-unsaturated/α-hetero) is 1. The van der Waals surface area contributed by atoms with Crippen LogP contribution < -0.4 is 9.47 Å². The summed E-state index contributed by atoms with van der Waals surface area (Å²) in [6, 6.07) is 8.62. The number of fused-ring (bicyclic) bond motifs is 1. The normalized spacial score (nSPS) is 16.8. The van der Waals surface area contributed by atoms with Crippen molar-refractivity contribution < 1.29 is 24.5 Å². The van der Waals surface area contributed by atoms with E-state index in [1.807, 2.05) is 12.1 Å². The van der Waals surface area contributed by atoms with Crippen LogP contribution in [-0.4, -0.2) is 23.1 Å². The van der Waals surface area contributed by atoms with Gasteiger partial charge in [0.2, 0.25) is 0 Å². The van der Waals surface area contributed by atoms with Gasteiger partial charge in [-0.1, -0.05) is 12.1 Å². The average molecular weight is 300 g/mol. The molecule has 0 bridgehead atoms. The number of hydrogen-bond acceptors (Lipinski definition) is 5. The van der Waals surface area contributed by atoms with E-state index in [2.05, 4.69) is 0 Å². The summed E-state index contributed by atoms with van der Waals surface area (Å²) in [5.41, 5.74) is 1.25. The van der Waals surface area contributed by atoms with Crippen molar-refractivity contribution in [2.75, 3.05) is 7.11 Å². The van der Waals surface area contributed by atoms with Crippen molar-refractivity contribution in [3.05, 3.63) is 47.0 Å². The van der Waals surface area contributed by atoms with Gasteiger partial charge in [0.1, 0.15) is 34.7 Å². The van der Waals surface area contributed by atoms with E-state index in [-0.39, 0.29) is 40.6 Å². The molecule has 1 atom stereocenters. The van der Waals surface area contributed by atoms with Crippen molar-refractivity contribution in [2.24, 2.45) is 0 Å². The maximum absolute atomic E-state index is 12.3. The predicted molar refractivity (Wildman–Crippen MR) is 79.8 cm³/mol. The topological polar surface area (TPSA) is 76.0 Å². The molecule has 0 saturated carbocycles. The zero-order chi connectivity index (χ0) is 15.9. The SMILES string of the molecule is COc1ccc([C@H]2CC(=O)c3c(cc(O)c(C)c3O)O2)cc1. The minimum atomic E-state index is -0.451. The Morgan fingerprint density at radius 2 is 1.91 bits per heavy atom. The van der Waals surface area contributed by atoms with Gasteiger partial charge < -0.3 is 19.7 Å². The summed E-state index contributed by atoms with van der Waals surface area (Å²) in [7, 11) is 1.58. The Labute approximate surface area is 127 Å². The Kier molecular flexibility index (Phi) is 3.41. The van der Waals surface area contributed by atoms with Gasteiger partial charge in [-0.15, -0.1) is 0 Å². The van der Waals surface area contributed by atoms with Crippen LogP contribution in [0, 0.1) is 6.92 Å². The molecule has 114 valence electrons. The molecule has 0 saturated heterocycles. The van der Waals surface area contributed by atoms with Gasteiger partial charge in [0.05, 0.1) is 13.5 Å². The summed E-state index contributed by atoms with van der Waals surface area (Å²) >= 11 is 0. The summed E-state index contributed by atoms with van der Waals surface area (Å²) in [6.45, 7) is 1.55. The van der Waals surface area contributed by atoms with Crippen molar-refractivity contribution in [3.63, 3.8) is 0 Å². The van der Waals surface area contributed by atoms with Gasteiger partial charge >= 0.3 is 0 Å². The lowest BCUT2D eigenvalue weighted by atomic mass is 9.94. The minimum absolute atomic E-state index is 0.0977. The number of aromatic hydroxyl groups is 2. The summed E-state index contributed by atoms with van der Waals surface area (Å²) in [6.07, 6.45) is -0.315. The maximum Gasteiger partial charge on any atom is 0.174 e. The first-order valence-electron chi connectivity index (χ1n) is 6.90. The molecule has 0 unspecified atom stereocenters. The molecule has 2 aromatic carbocycles. The Morgan fingerprint density at radius 3 is 2.55 bits per heavy atom. The van der Waals surface area contributed by atoms with Crippen molar-refractivity contribution in [1.82, 2.24) is 0 Å². The Balaban J connectivity index is 1.98. The molecule has 22 heavy (non-hydrogen) atoms. The summed E-state index contributed by atoms with van der Waals surface area (Å²) in [5.74, 6) is 0.408. The first-order chi connectivity index (χ1) is 10.5. The Hall–Kier alpha value is -2.69. The summed E-state index contributed by atoms with van der Waals surface area (Å²) < 4.78 is 10.9. The fourth-order valence-corrected chi connectivity index (χ4v) is 2.56. The number of hydrogen-bond donors (Lipinski definition) is 2. The van der Waals surface area contributed by atoms with Crippen molar-refractivity contribution >= 4 is 5.78 Å². The third-order valence-electron chi connectivity index (χ3n) is 3.90. The van der Waals surface area contributed by atoms with Gasteiger partial charge in [-0.05, 0) is 24.6 Å². The molecule has 0 spiro atoms. The van der Waals surface area contributed by atoms with E-state index in [1.165, 1.54) is 6.07 Å². The maximum atomic E-state index is 12.3. The molecule has 0 aliphatic carbocycles. The molecule has 1 aliphatic heterocycles. The zero-order valence-electron chi connectivity index (χ0n) is 12.3. The highest BCUT2D eigenvalue weighted by Crippen LogP contribution is 2.44. The number of phenolic OH excluding ortho intramolecular Hbond substituents is 2. The number of phenols is 2. The van der Waals surface area contributed by atoms with Gasteiger partial charge in [0, 0.05) is 11.6 Å². The summed E-state index contributed by atoms with van der Waals surface area (Å²) in [5, 5.41) is 19.8. The lowest BCUT2D eigenvalue weighted by molar-refractivity contribution is 0.0844. The van der Waals surface area contributed by atoms with Gasteiger partial charge in [-0.2, -0.15) is 0 Å². The molecule has 0 amide bonds. The average Bonchev–Trinajstić information content (AvgIpc) is 2.52. The van der Waals surface area contributed by atoms with Crippen LogP contribution >= 0.6 is 0 Å². The van der Waals surface area contributed by atoms with E-state index >= 15 is 0 Å². The van der Waals surface area contributed by atoms with Gasteiger partial charge in [-0.3, -0.25) is 4.79 Å². The standard InChI is InChI=1S/C17H16O5/c1-9-12(18)7-15-16(17(9)20)13(19)8-14(22-15)10-3-5-11(21-2)6-4-10/h3-7,14,18,20H,8H2,1-2H3/t14-/m1/s1. The van der Waals surface area contributed by atoms with Crippen LogP contribution in [0.15, 0.2) is 30.3 Å². The van der Waals surface area contributed by atoms with Crippen molar-refractivity contribution in [1.29, 1.82) is 0 Å². The third kappa shape index (κ3) is 2.24.